The van der Waals surface area contributed by atoms with Crippen molar-refractivity contribution < 1.29 is 9.72 Å². The first-order chi connectivity index (χ1) is 10.5. The molecular formula is C15H13ClN2O3S. The van der Waals surface area contributed by atoms with Crippen molar-refractivity contribution in [2.45, 2.75) is 6.54 Å². The zero-order chi connectivity index (χ0) is 16.1. The van der Waals surface area contributed by atoms with Gasteiger partial charge in [-0.1, -0.05) is 23.7 Å². The van der Waals surface area contributed by atoms with Gasteiger partial charge in [0, 0.05) is 24.1 Å². The zero-order valence-electron chi connectivity index (χ0n) is 11.7. The SMILES string of the molecule is CN(Cc1cccs1)C(=O)/C=C/c1ccc(Cl)c([N+](=O)[O-])c1. The lowest BCUT2D eigenvalue weighted by Gasteiger charge is -2.13. The molecule has 0 aliphatic heterocycles. The first kappa shape index (κ1) is 16.2. The van der Waals surface area contributed by atoms with E-state index in [0.29, 0.717) is 12.1 Å². The van der Waals surface area contributed by atoms with E-state index >= 15 is 0 Å². The fourth-order valence-electron chi connectivity index (χ4n) is 1.78. The molecule has 0 saturated heterocycles. The lowest BCUT2D eigenvalue weighted by atomic mass is 10.2. The molecule has 0 aliphatic rings. The maximum Gasteiger partial charge on any atom is 0.288 e. The van der Waals surface area contributed by atoms with Crippen LogP contribution in [0.5, 0.6) is 0 Å². The topological polar surface area (TPSA) is 63.5 Å². The molecule has 1 heterocycles. The summed E-state index contributed by atoms with van der Waals surface area (Å²) in [6.07, 6.45) is 2.93. The quantitative estimate of drug-likeness (QED) is 0.471. The van der Waals surface area contributed by atoms with Crippen LogP contribution in [0.4, 0.5) is 5.69 Å². The average Bonchev–Trinajstić information content (AvgIpc) is 2.98. The van der Waals surface area contributed by atoms with Crippen LogP contribution < -0.4 is 0 Å². The van der Waals surface area contributed by atoms with E-state index in [1.807, 2.05) is 17.5 Å². The number of amides is 1. The number of thiophene rings is 1. The van der Waals surface area contributed by atoms with E-state index in [2.05, 4.69) is 0 Å². The highest BCUT2D eigenvalue weighted by atomic mass is 35.5. The van der Waals surface area contributed by atoms with Crippen molar-refractivity contribution in [2.75, 3.05) is 7.05 Å². The van der Waals surface area contributed by atoms with Crippen molar-refractivity contribution in [1.29, 1.82) is 0 Å². The van der Waals surface area contributed by atoms with Crippen molar-refractivity contribution in [2.24, 2.45) is 0 Å². The van der Waals surface area contributed by atoms with Gasteiger partial charge in [0.05, 0.1) is 11.5 Å². The smallest absolute Gasteiger partial charge is 0.288 e. The lowest BCUT2D eigenvalue weighted by molar-refractivity contribution is -0.384. The second kappa shape index (κ2) is 7.20. The molecule has 0 spiro atoms. The molecule has 1 aromatic heterocycles. The predicted molar refractivity (Wildman–Crippen MR) is 87.9 cm³/mol. The Labute approximate surface area is 136 Å². The first-order valence-corrected chi connectivity index (χ1v) is 7.62. The summed E-state index contributed by atoms with van der Waals surface area (Å²) in [6.45, 7) is 0.529. The van der Waals surface area contributed by atoms with E-state index in [1.54, 1.807) is 29.4 Å². The van der Waals surface area contributed by atoms with Gasteiger partial charge in [0.15, 0.2) is 0 Å². The molecule has 0 atom stereocenters. The fourth-order valence-corrected chi connectivity index (χ4v) is 2.73. The van der Waals surface area contributed by atoms with Crippen molar-refractivity contribution in [3.05, 3.63) is 67.4 Å². The number of likely N-dealkylation sites (N-methyl/N-ethyl adjacent to an activating group) is 1. The minimum absolute atomic E-state index is 0.0725. The van der Waals surface area contributed by atoms with Crippen LogP contribution >= 0.6 is 22.9 Å². The molecule has 22 heavy (non-hydrogen) atoms. The second-order valence-electron chi connectivity index (χ2n) is 4.57. The first-order valence-electron chi connectivity index (χ1n) is 6.37. The minimum Gasteiger partial charge on any atom is -0.337 e. The summed E-state index contributed by atoms with van der Waals surface area (Å²) in [7, 11) is 1.71. The highest BCUT2D eigenvalue weighted by molar-refractivity contribution is 7.09. The monoisotopic (exact) mass is 336 g/mol. The summed E-state index contributed by atoms with van der Waals surface area (Å²) in [4.78, 5) is 24.9. The molecule has 0 N–H and O–H groups in total. The lowest BCUT2D eigenvalue weighted by Crippen LogP contribution is -2.23. The number of nitro benzene ring substituents is 1. The number of carbonyl (C=O) groups excluding carboxylic acids is 1. The number of halogens is 1. The van der Waals surface area contributed by atoms with Crippen molar-refractivity contribution in [3.63, 3.8) is 0 Å². The number of nitro groups is 1. The van der Waals surface area contributed by atoms with Crippen LogP contribution in [0.15, 0.2) is 41.8 Å². The van der Waals surface area contributed by atoms with Crippen LogP contribution in [-0.2, 0) is 11.3 Å². The average molecular weight is 337 g/mol. The normalized spacial score (nSPS) is 10.8. The van der Waals surface area contributed by atoms with Crippen LogP contribution in [0.1, 0.15) is 10.4 Å². The molecule has 5 nitrogen and oxygen atoms in total. The molecule has 0 bridgehead atoms. The molecule has 0 unspecified atom stereocenters. The predicted octanol–water partition coefficient (Wildman–Crippen LogP) is 3.98. The van der Waals surface area contributed by atoms with Gasteiger partial charge in [-0.05, 0) is 29.2 Å². The van der Waals surface area contributed by atoms with E-state index in [0.717, 1.165) is 4.88 Å². The molecular weight excluding hydrogens is 324 g/mol. The Hall–Kier alpha value is -2.18. The van der Waals surface area contributed by atoms with Crippen LogP contribution in [0.3, 0.4) is 0 Å². The number of benzene rings is 1. The van der Waals surface area contributed by atoms with E-state index in [-0.39, 0.29) is 16.6 Å². The second-order valence-corrected chi connectivity index (χ2v) is 6.01. The highest BCUT2D eigenvalue weighted by Crippen LogP contribution is 2.25. The van der Waals surface area contributed by atoms with Crippen LogP contribution in [-0.4, -0.2) is 22.8 Å². The molecule has 1 amide bonds. The van der Waals surface area contributed by atoms with Gasteiger partial charge in [-0.25, -0.2) is 0 Å². The molecule has 1 aromatic carbocycles. The Morgan fingerprint density at radius 3 is 2.86 bits per heavy atom. The van der Waals surface area contributed by atoms with Gasteiger partial charge in [-0.2, -0.15) is 0 Å². The number of nitrogens with zero attached hydrogens (tertiary/aromatic N) is 2. The Morgan fingerprint density at radius 2 is 2.23 bits per heavy atom. The van der Waals surface area contributed by atoms with Gasteiger partial charge in [0.25, 0.3) is 5.69 Å². The van der Waals surface area contributed by atoms with Crippen molar-refractivity contribution >= 4 is 40.6 Å². The molecule has 0 saturated carbocycles. The molecule has 2 aromatic rings. The van der Waals surface area contributed by atoms with E-state index in [1.165, 1.54) is 24.3 Å². The minimum atomic E-state index is -0.551. The number of rotatable bonds is 5. The summed E-state index contributed by atoms with van der Waals surface area (Å²) < 4.78 is 0. The van der Waals surface area contributed by atoms with Gasteiger partial charge >= 0.3 is 0 Å². The van der Waals surface area contributed by atoms with E-state index in [4.69, 9.17) is 11.6 Å². The molecule has 114 valence electrons. The van der Waals surface area contributed by atoms with E-state index < -0.39 is 4.92 Å². The molecule has 7 heteroatoms. The van der Waals surface area contributed by atoms with Gasteiger partial charge in [0.2, 0.25) is 5.91 Å². The summed E-state index contributed by atoms with van der Waals surface area (Å²) in [5.74, 6) is -0.175. The molecule has 2 rings (SSSR count). The maximum absolute atomic E-state index is 12.0. The third-order valence-corrected chi connectivity index (χ3v) is 4.12. The molecule has 0 radical (unpaired) electrons. The van der Waals surface area contributed by atoms with Gasteiger partial charge in [-0.3, -0.25) is 14.9 Å². The van der Waals surface area contributed by atoms with Crippen LogP contribution in [0.25, 0.3) is 6.08 Å². The Kier molecular flexibility index (Phi) is 5.30. The molecule has 0 aliphatic carbocycles. The Morgan fingerprint density at radius 1 is 1.45 bits per heavy atom. The third-order valence-electron chi connectivity index (χ3n) is 2.93. The van der Waals surface area contributed by atoms with Gasteiger partial charge < -0.3 is 4.90 Å². The summed E-state index contributed by atoms with van der Waals surface area (Å²) >= 11 is 7.33. The zero-order valence-corrected chi connectivity index (χ0v) is 13.3. The standard InChI is InChI=1S/C15H13ClN2O3S/c1-17(10-12-3-2-8-22-12)15(19)7-5-11-4-6-13(16)14(9-11)18(20)21/h2-9H,10H2,1H3/b7-5+. The Balaban J connectivity index is 2.06. The maximum atomic E-state index is 12.0. The van der Waals surface area contributed by atoms with Crippen LogP contribution in [0.2, 0.25) is 5.02 Å². The van der Waals surface area contributed by atoms with Gasteiger partial charge in [0.1, 0.15) is 5.02 Å². The number of hydrogen-bond acceptors (Lipinski definition) is 4. The summed E-state index contributed by atoms with van der Waals surface area (Å²) in [6, 6.07) is 8.30. The highest BCUT2D eigenvalue weighted by Gasteiger charge is 2.12. The summed E-state index contributed by atoms with van der Waals surface area (Å²) in [5.41, 5.74) is 0.372. The number of hydrogen-bond donors (Lipinski definition) is 0. The summed E-state index contributed by atoms with van der Waals surface area (Å²) in [5, 5.41) is 12.8. The van der Waals surface area contributed by atoms with Gasteiger partial charge in [-0.15, -0.1) is 11.3 Å². The van der Waals surface area contributed by atoms with Crippen molar-refractivity contribution in [3.8, 4) is 0 Å². The molecule has 0 fully saturated rings. The van der Waals surface area contributed by atoms with Crippen LogP contribution in [0, 0.1) is 10.1 Å². The van der Waals surface area contributed by atoms with E-state index in [9.17, 15) is 14.9 Å². The fraction of sp³-hybridized carbons (Fsp3) is 0.133. The van der Waals surface area contributed by atoms with Crippen molar-refractivity contribution in [1.82, 2.24) is 4.90 Å². The Bertz CT molecular complexity index is 714. The third kappa shape index (κ3) is 4.16. The largest absolute Gasteiger partial charge is 0.337 e. The number of carbonyl (C=O) groups is 1.